The number of rotatable bonds is 3. The summed E-state index contributed by atoms with van der Waals surface area (Å²) in [6.45, 7) is 0. The van der Waals surface area contributed by atoms with Gasteiger partial charge in [0.2, 0.25) is 0 Å². The van der Waals surface area contributed by atoms with Crippen LogP contribution in [0.25, 0.3) is 17.4 Å². The maximum Gasteiger partial charge on any atom is 0.270 e. The lowest BCUT2D eigenvalue weighted by Crippen LogP contribution is -2.54. The number of amides is 2. The summed E-state index contributed by atoms with van der Waals surface area (Å²) in [7, 11) is 0. The summed E-state index contributed by atoms with van der Waals surface area (Å²) in [5.41, 5.74) is 0.947. The lowest BCUT2D eigenvalue weighted by molar-refractivity contribution is -0.122. The molecule has 8 heteroatoms. The monoisotopic (exact) mass is 470 g/mol. The number of nitrogens with zero attached hydrogens (tertiary/aromatic N) is 1. The van der Waals surface area contributed by atoms with Crippen molar-refractivity contribution in [2.24, 2.45) is 0 Å². The minimum Gasteiger partial charge on any atom is -0.457 e. The van der Waals surface area contributed by atoms with Crippen molar-refractivity contribution in [3.63, 3.8) is 0 Å². The van der Waals surface area contributed by atoms with Gasteiger partial charge in [0.25, 0.3) is 11.8 Å². The Labute approximate surface area is 178 Å². The Bertz CT molecular complexity index is 1170. The second-order valence-electron chi connectivity index (χ2n) is 6.15. The zero-order valence-corrected chi connectivity index (χ0v) is 17.1. The van der Waals surface area contributed by atoms with E-state index in [4.69, 9.17) is 16.6 Å². The number of carbonyl (C=O) groups excluding carboxylic acids is 2. The third-order valence-corrected chi connectivity index (χ3v) is 5.02. The molecule has 2 aromatic carbocycles. The van der Waals surface area contributed by atoms with Gasteiger partial charge in [-0.05, 0) is 66.8 Å². The molecule has 1 N–H and O–H groups in total. The molecule has 2 amide bonds. The average Bonchev–Trinajstić information content (AvgIpc) is 3.15. The average molecular weight is 471 g/mol. The summed E-state index contributed by atoms with van der Waals surface area (Å²) in [4.78, 5) is 26.6. The second-order valence-corrected chi connectivity index (χ2v) is 7.45. The number of halogens is 2. The Balaban J connectivity index is 1.67. The van der Waals surface area contributed by atoms with Crippen LogP contribution >= 0.6 is 28.1 Å². The van der Waals surface area contributed by atoms with Gasteiger partial charge in [-0.1, -0.05) is 28.1 Å². The van der Waals surface area contributed by atoms with Gasteiger partial charge in [0.05, 0.1) is 5.69 Å². The van der Waals surface area contributed by atoms with E-state index < -0.39 is 11.8 Å². The number of carbonyl (C=O) groups is 2. The van der Waals surface area contributed by atoms with E-state index in [-0.39, 0.29) is 22.3 Å². The van der Waals surface area contributed by atoms with Crippen LogP contribution < -0.4 is 10.2 Å². The highest BCUT2D eigenvalue weighted by Gasteiger charge is 2.34. The normalized spacial score (nSPS) is 15.7. The molecule has 2 heterocycles. The molecule has 3 aromatic rings. The summed E-state index contributed by atoms with van der Waals surface area (Å²) in [6, 6.07) is 16.1. The molecular weight excluding hydrogens is 459 g/mol. The number of nitrogens with one attached hydrogen (secondary N) is 1. The van der Waals surface area contributed by atoms with Gasteiger partial charge < -0.3 is 4.42 Å². The molecule has 4 rings (SSSR count). The van der Waals surface area contributed by atoms with Crippen molar-refractivity contribution < 1.29 is 18.4 Å². The highest BCUT2D eigenvalue weighted by Crippen LogP contribution is 2.26. The molecular formula is C21H12BrFN2O3S. The minimum absolute atomic E-state index is 0.000586. The van der Waals surface area contributed by atoms with Gasteiger partial charge in [0.15, 0.2) is 5.11 Å². The standard InChI is InChI=1S/C21H12BrFN2O3S/c22-13-4-6-15(7-5-13)25-20(27)17(19(26)24-21(25)29)11-16-8-9-18(28-16)12-2-1-3-14(23)10-12/h1-11H,(H,24,26,29)/b17-11+. The van der Waals surface area contributed by atoms with Crippen LogP contribution in [-0.2, 0) is 9.59 Å². The van der Waals surface area contributed by atoms with Crippen LogP contribution in [0.15, 0.2) is 75.1 Å². The predicted octanol–water partition coefficient (Wildman–Crippen LogP) is 4.68. The number of anilines is 1. The van der Waals surface area contributed by atoms with Gasteiger partial charge in [0.1, 0.15) is 22.9 Å². The van der Waals surface area contributed by atoms with Crippen LogP contribution in [0.1, 0.15) is 5.76 Å². The van der Waals surface area contributed by atoms with E-state index in [1.807, 2.05) is 0 Å². The predicted molar refractivity (Wildman–Crippen MR) is 114 cm³/mol. The minimum atomic E-state index is -0.614. The first-order chi connectivity index (χ1) is 13.9. The number of hydrogen-bond acceptors (Lipinski definition) is 4. The van der Waals surface area contributed by atoms with E-state index in [9.17, 15) is 14.0 Å². The van der Waals surface area contributed by atoms with Gasteiger partial charge in [-0.25, -0.2) is 4.39 Å². The molecule has 144 valence electrons. The number of furan rings is 1. The van der Waals surface area contributed by atoms with Crippen LogP contribution in [0.5, 0.6) is 0 Å². The Kier molecular flexibility index (Phi) is 5.12. The van der Waals surface area contributed by atoms with Crippen LogP contribution in [0.4, 0.5) is 10.1 Å². The molecule has 1 aromatic heterocycles. The third kappa shape index (κ3) is 3.90. The summed E-state index contributed by atoms with van der Waals surface area (Å²) >= 11 is 8.51. The first-order valence-electron chi connectivity index (χ1n) is 8.45. The molecule has 0 saturated carbocycles. The Morgan fingerprint density at radius 1 is 1.07 bits per heavy atom. The SMILES string of the molecule is O=C1NC(=S)N(c2ccc(Br)cc2)C(=O)/C1=C/c1ccc(-c2cccc(F)c2)o1. The van der Waals surface area contributed by atoms with Crippen LogP contribution in [0.2, 0.25) is 0 Å². The third-order valence-electron chi connectivity index (χ3n) is 4.21. The maximum atomic E-state index is 13.4. The van der Waals surface area contributed by atoms with E-state index >= 15 is 0 Å². The fourth-order valence-electron chi connectivity index (χ4n) is 2.85. The molecule has 1 aliphatic heterocycles. The van der Waals surface area contributed by atoms with Gasteiger partial charge in [-0.2, -0.15) is 0 Å². The highest BCUT2D eigenvalue weighted by atomic mass is 79.9. The van der Waals surface area contributed by atoms with Gasteiger partial charge in [0, 0.05) is 10.0 Å². The molecule has 1 aliphatic rings. The van der Waals surface area contributed by atoms with E-state index in [1.165, 1.54) is 23.1 Å². The molecule has 1 saturated heterocycles. The van der Waals surface area contributed by atoms with E-state index in [0.29, 0.717) is 17.0 Å². The van der Waals surface area contributed by atoms with E-state index in [0.717, 1.165) is 4.47 Å². The van der Waals surface area contributed by atoms with Crippen molar-refractivity contribution in [2.75, 3.05) is 4.90 Å². The molecule has 5 nitrogen and oxygen atoms in total. The molecule has 0 bridgehead atoms. The molecule has 0 atom stereocenters. The Morgan fingerprint density at radius 3 is 2.55 bits per heavy atom. The summed E-state index contributed by atoms with van der Waals surface area (Å²) in [5.74, 6) is -0.868. The lowest BCUT2D eigenvalue weighted by atomic mass is 10.1. The molecule has 29 heavy (non-hydrogen) atoms. The van der Waals surface area contributed by atoms with Gasteiger partial charge in [-0.15, -0.1) is 0 Å². The molecule has 0 unspecified atom stereocenters. The summed E-state index contributed by atoms with van der Waals surface area (Å²) < 4.78 is 19.9. The molecule has 0 aliphatic carbocycles. The largest absolute Gasteiger partial charge is 0.457 e. The highest BCUT2D eigenvalue weighted by molar-refractivity contribution is 9.10. The second kappa shape index (κ2) is 7.73. The van der Waals surface area contributed by atoms with Crippen molar-refractivity contribution in [1.82, 2.24) is 5.32 Å². The zero-order valence-electron chi connectivity index (χ0n) is 14.7. The number of benzene rings is 2. The fraction of sp³-hybridized carbons (Fsp3) is 0. The lowest BCUT2D eigenvalue weighted by Gasteiger charge is -2.28. The van der Waals surface area contributed by atoms with Crippen molar-refractivity contribution in [3.8, 4) is 11.3 Å². The van der Waals surface area contributed by atoms with E-state index in [1.54, 1.807) is 48.5 Å². The summed E-state index contributed by atoms with van der Waals surface area (Å²) in [6.07, 6.45) is 1.34. The summed E-state index contributed by atoms with van der Waals surface area (Å²) in [5, 5.41) is 2.51. The van der Waals surface area contributed by atoms with Crippen molar-refractivity contribution in [2.45, 2.75) is 0 Å². The first kappa shape index (κ1) is 19.2. The van der Waals surface area contributed by atoms with Crippen LogP contribution in [0.3, 0.4) is 0 Å². The zero-order chi connectivity index (χ0) is 20.5. The van der Waals surface area contributed by atoms with Crippen molar-refractivity contribution in [1.29, 1.82) is 0 Å². The topological polar surface area (TPSA) is 62.6 Å². The first-order valence-corrected chi connectivity index (χ1v) is 9.65. The quantitative estimate of drug-likeness (QED) is 0.343. The number of hydrogen-bond donors (Lipinski definition) is 1. The van der Waals surface area contributed by atoms with Gasteiger partial charge >= 0.3 is 0 Å². The van der Waals surface area contributed by atoms with Gasteiger partial charge in [-0.3, -0.25) is 19.8 Å². The van der Waals surface area contributed by atoms with Crippen molar-refractivity contribution >= 4 is 56.8 Å². The molecule has 0 spiro atoms. The Hall–Kier alpha value is -3.10. The van der Waals surface area contributed by atoms with Crippen LogP contribution in [0, 0.1) is 5.82 Å². The molecule has 0 radical (unpaired) electrons. The van der Waals surface area contributed by atoms with Crippen LogP contribution in [-0.4, -0.2) is 16.9 Å². The smallest absolute Gasteiger partial charge is 0.270 e. The fourth-order valence-corrected chi connectivity index (χ4v) is 3.40. The molecule has 1 fully saturated rings. The maximum absolute atomic E-state index is 13.4. The van der Waals surface area contributed by atoms with Crippen molar-refractivity contribution in [3.05, 3.63) is 82.3 Å². The number of thiocarbonyl (C=S) groups is 1. The Morgan fingerprint density at radius 2 is 1.83 bits per heavy atom. The van der Waals surface area contributed by atoms with E-state index in [2.05, 4.69) is 21.2 Å².